The number of unbranched alkanes of at least 4 members (excludes halogenated alkanes) is 8. The molecule has 96 heavy (non-hydrogen) atoms. The van der Waals surface area contributed by atoms with Crippen LogP contribution in [0.2, 0.25) is 0 Å². The van der Waals surface area contributed by atoms with Gasteiger partial charge in [-0.3, -0.25) is 0 Å². The Kier molecular flexibility index (Phi) is 22.5. The fourth-order valence-corrected chi connectivity index (χ4v) is 17.4. The van der Waals surface area contributed by atoms with Crippen LogP contribution in [0.3, 0.4) is 0 Å². The van der Waals surface area contributed by atoms with Crippen LogP contribution in [-0.2, 0) is 36.9 Å². The highest BCUT2D eigenvalue weighted by Crippen LogP contribution is 2.59. The Morgan fingerprint density at radius 3 is 1.04 bits per heavy atom. The van der Waals surface area contributed by atoms with Crippen LogP contribution in [0.1, 0.15) is 280 Å². The van der Waals surface area contributed by atoms with Crippen LogP contribution < -0.4 is 37.9 Å². The van der Waals surface area contributed by atoms with E-state index in [1.54, 1.807) is 0 Å². The molecule has 0 aromatic heterocycles. The molecule has 6 atom stereocenters. The molecule has 6 aliphatic rings. The molecule has 0 radical (unpaired) electrons. The lowest BCUT2D eigenvalue weighted by Crippen LogP contribution is -2.46. The van der Waals surface area contributed by atoms with Crippen LogP contribution in [0.5, 0.6) is 46.0 Å². The zero-order valence-electron chi connectivity index (χ0n) is 62.2. The van der Waals surface area contributed by atoms with Gasteiger partial charge in [-0.2, -0.15) is 0 Å². The summed E-state index contributed by atoms with van der Waals surface area (Å²) in [5.74, 6) is 11.1. The van der Waals surface area contributed by atoms with Crippen molar-refractivity contribution in [3.05, 3.63) is 141 Å². The highest BCUT2D eigenvalue weighted by molar-refractivity contribution is 5.84. The Morgan fingerprint density at radius 1 is 0.375 bits per heavy atom. The van der Waals surface area contributed by atoms with Crippen LogP contribution in [-0.4, -0.2) is 37.6 Å². The largest absolute Gasteiger partial charge is 0.490 e. The van der Waals surface area contributed by atoms with E-state index in [4.69, 9.17) is 37.9 Å². The van der Waals surface area contributed by atoms with Gasteiger partial charge in [0.1, 0.15) is 94.8 Å². The molecule has 2 saturated carbocycles. The topological polar surface area (TPSA) is 73.8 Å². The molecule has 2 aliphatic carbocycles. The number of hydrogen-bond donors (Lipinski definition) is 0. The minimum absolute atomic E-state index is 0.174. The molecule has 520 valence electrons. The zero-order chi connectivity index (χ0) is 68.1. The number of rotatable bonds is 26. The Bertz CT molecular complexity index is 3400. The molecule has 0 N–H and O–H groups in total. The van der Waals surface area contributed by atoms with Gasteiger partial charge in [0.15, 0.2) is 0 Å². The van der Waals surface area contributed by atoms with E-state index in [2.05, 4.69) is 196 Å². The van der Waals surface area contributed by atoms with E-state index in [1.807, 2.05) is 0 Å². The van der Waals surface area contributed by atoms with Crippen LogP contribution >= 0.6 is 0 Å². The third kappa shape index (κ3) is 15.9. The van der Waals surface area contributed by atoms with Gasteiger partial charge in [0.2, 0.25) is 0 Å². The summed E-state index contributed by atoms with van der Waals surface area (Å²) in [4.78, 5) is 0. The van der Waals surface area contributed by atoms with E-state index in [0.29, 0.717) is 61.9 Å². The molecule has 6 aromatic rings. The number of hydrogen-bond acceptors (Lipinski definition) is 8. The summed E-state index contributed by atoms with van der Waals surface area (Å²) in [7, 11) is 0. The monoisotopic (exact) mass is 1300 g/mol. The highest BCUT2D eigenvalue weighted by Gasteiger charge is 2.49. The van der Waals surface area contributed by atoms with Gasteiger partial charge in [0.25, 0.3) is 0 Å². The normalized spacial score (nSPS) is 21.5. The summed E-state index contributed by atoms with van der Waals surface area (Å²) in [6, 6.07) is 31.7. The Balaban J connectivity index is 0.000000195. The molecular formula is C88H120O8. The van der Waals surface area contributed by atoms with Crippen molar-refractivity contribution in [3.63, 3.8) is 0 Å². The molecule has 12 rings (SSSR count). The molecule has 0 spiro atoms. The lowest BCUT2D eigenvalue weighted by molar-refractivity contribution is -0.0152. The van der Waals surface area contributed by atoms with Gasteiger partial charge in [-0.25, -0.2) is 0 Å². The van der Waals surface area contributed by atoms with Crippen LogP contribution in [0, 0.1) is 37.5 Å². The number of benzene rings is 6. The van der Waals surface area contributed by atoms with E-state index >= 15 is 0 Å². The van der Waals surface area contributed by atoms with E-state index in [1.165, 1.54) is 169 Å². The molecule has 0 saturated heterocycles. The first-order valence-electron chi connectivity index (χ1n) is 38.2. The van der Waals surface area contributed by atoms with Gasteiger partial charge >= 0.3 is 0 Å². The maximum Gasteiger partial charge on any atom is 0.132 e. The lowest BCUT2D eigenvalue weighted by atomic mass is 9.64. The fourth-order valence-electron chi connectivity index (χ4n) is 17.4. The smallest absolute Gasteiger partial charge is 0.132 e. The van der Waals surface area contributed by atoms with Crippen LogP contribution in [0.4, 0.5) is 0 Å². The van der Waals surface area contributed by atoms with Crippen molar-refractivity contribution in [2.45, 2.75) is 286 Å². The van der Waals surface area contributed by atoms with Gasteiger partial charge < -0.3 is 37.9 Å². The second kappa shape index (κ2) is 30.5. The summed E-state index contributed by atoms with van der Waals surface area (Å²) in [5.41, 5.74) is 16.0. The molecule has 8 nitrogen and oxygen atoms in total. The lowest BCUT2D eigenvalue weighted by Gasteiger charge is -2.49. The molecule has 4 aliphatic heterocycles. The minimum atomic E-state index is -0.412. The Labute approximate surface area is 580 Å². The summed E-state index contributed by atoms with van der Waals surface area (Å²) >= 11 is 0. The van der Waals surface area contributed by atoms with Gasteiger partial charge in [0.05, 0.1) is 11.1 Å². The number of fused-ring (bicyclic) bond motifs is 12. The van der Waals surface area contributed by atoms with E-state index in [9.17, 15) is 0 Å². The zero-order valence-corrected chi connectivity index (χ0v) is 62.2. The van der Waals surface area contributed by atoms with Crippen molar-refractivity contribution in [3.8, 4) is 68.2 Å². The molecule has 8 heteroatoms. The maximum absolute atomic E-state index is 6.84. The van der Waals surface area contributed by atoms with Crippen molar-refractivity contribution in [2.24, 2.45) is 23.7 Å². The first-order chi connectivity index (χ1) is 46.0. The van der Waals surface area contributed by atoms with Gasteiger partial charge in [-0.05, 0) is 252 Å². The predicted molar refractivity (Wildman–Crippen MR) is 396 cm³/mol. The first-order valence-corrected chi connectivity index (χ1v) is 38.2. The van der Waals surface area contributed by atoms with Crippen molar-refractivity contribution in [1.29, 1.82) is 0 Å². The number of aryl methyl sites for hydroxylation is 6. The third-order valence-corrected chi connectivity index (χ3v) is 22.5. The Morgan fingerprint density at radius 2 is 0.698 bits per heavy atom. The standard InChI is InChI=1S/2C44H60O4/c2*1-9-11-13-15-31-25-37(41-33-23-29(3)17-19-35(33)43(5,6)47-39(41)27-31)45-21-22-46-38-26-32(16-14-12-10-2)28-40-42(38)34-24-30(4)18-20-36(34)44(7,8)48-40/h2*17,19,23,25-28,30,34,36H,9-16,18,20-22,24H2,1-8H3/t30-,34+,36+;30-,34-,36-/m01/s1. The summed E-state index contributed by atoms with van der Waals surface area (Å²) < 4.78 is 54.1. The molecular weight excluding hydrogens is 1180 g/mol. The highest BCUT2D eigenvalue weighted by atomic mass is 16.5. The van der Waals surface area contributed by atoms with Crippen molar-refractivity contribution in [1.82, 2.24) is 0 Å². The van der Waals surface area contributed by atoms with Gasteiger partial charge in [0, 0.05) is 34.1 Å². The minimum Gasteiger partial charge on any atom is -0.490 e. The van der Waals surface area contributed by atoms with Crippen molar-refractivity contribution in [2.75, 3.05) is 26.4 Å². The third-order valence-electron chi connectivity index (χ3n) is 22.5. The summed E-state index contributed by atoms with van der Waals surface area (Å²) in [6.07, 6.45) is 25.9. The molecule has 0 unspecified atom stereocenters. The van der Waals surface area contributed by atoms with Gasteiger partial charge in [-0.15, -0.1) is 0 Å². The van der Waals surface area contributed by atoms with Gasteiger partial charge in [-0.1, -0.05) is 153 Å². The average Bonchev–Trinajstić information content (AvgIpc) is 0.767. The quantitative estimate of drug-likeness (QED) is 0.0498. The SMILES string of the molecule is CCCCCc1cc(OCCOc2cc(CCCCC)cc3c2[C@@H]2C[C@@H](C)CC[C@H]2C(C)(C)O3)c2c(c1)OC(C)(C)c1ccc(C)cc1-2.CCCCCc1cc(OCCOc2cc(CCCCC)cc3c2[C@@H]2C[C@H](C)CC[C@H]2C(C)(C)O3)c2c(c1)OC(C)(C)c1ccc(C)cc1-2. The molecule has 0 amide bonds. The van der Waals surface area contributed by atoms with Crippen LogP contribution in [0.15, 0.2) is 84.9 Å². The molecule has 6 aromatic carbocycles. The summed E-state index contributed by atoms with van der Waals surface area (Å²) in [5, 5.41) is 0. The maximum atomic E-state index is 6.84. The summed E-state index contributed by atoms with van der Waals surface area (Å²) in [6.45, 7) is 37.9. The second-order valence-electron chi connectivity index (χ2n) is 32.2. The first kappa shape index (κ1) is 71.0. The van der Waals surface area contributed by atoms with Crippen LogP contribution in [0.25, 0.3) is 22.3 Å². The molecule has 0 bridgehead atoms. The van der Waals surface area contributed by atoms with Crippen molar-refractivity contribution >= 4 is 0 Å². The van der Waals surface area contributed by atoms with E-state index < -0.39 is 11.2 Å². The molecule has 2 fully saturated rings. The average molecular weight is 1310 g/mol. The van der Waals surface area contributed by atoms with Crippen molar-refractivity contribution < 1.29 is 37.9 Å². The fraction of sp³-hybridized carbons (Fsp3) is 0.591. The van der Waals surface area contributed by atoms with E-state index in [-0.39, 0.29) is 11.2 Å². The molecule has 4 heterocycles. The number of ether oxygens (including phenoxy) is 8. The van der Waals surface area contributed by atoms with E-state index in [0.717, 1.165) is 95.6 Å². The second-order valence-corrected chi connectivity index (χ2v) is 32.2. The Hall–Kier alpha value is -6.28. The predicted octanol–water partition coefficient (Wildman–Crippen LogP) is 23.8.